The van der Waals surface area contributed by atoms with Crippen molar-refractivity contribution >= 4 is 0 Å². The lowest BCUT2D eigenvalue weighted by atomic mass is 9.99. The van der Waals surface area contributed by atoms with Gasteiger partial charge in [0.1, 0.15) is 6.04 Å². The molecule has 0 radical (unpaired) electrons. The lowest BCUT2D eigenvalue weighted by Crippen LogP contribution is -2.28. The molecule has 1 aromatic heterocycles. The Kier molecular flexibility index (Phi) is 3.96. The Hall–Kier alpha value is -2.39. The molecule has 1 atom stereocenters. The van der Waals surface area contributed by atoms with Gasteiger partial charge in [0.25, 0.3) is 0 Å². The summed E-state index contributed by atoms with van der Waals surface area (Å²) in [6, 6.07) is 6.37. The number of benzene rings is 1. The lowest BCUT2D eigenvalue weighted by Gasteiger charge is -2.16. The first-order valence-corrected chi connectivity index (χ1v) is 6.11. The molecule has 2 rings (SSSR count). The Morgan fingerprint density at radius 1 is 1.19 bits per heavy atom. The second-order valence-corrected chi connectivity index (χ2v) is 4.67. The van der Waals surface area contributed by atoms with Gasteiger partial charge in [-0.1, -0.05) is 12.1 Å². The standard InChI is InChI=1S/C15H12F3N3/c1-9-4-10(2-3-11(9)6-19)12-5-13(8-21-7-12)14(20)15(16,17)18/h2-5,7-8,14H,20H2,1H3. The van der Waals surface area contributed by atoms with Gasteiger partial charge >= 0.3 is 6.18 Å². The minimum absolute atomic E-state index is 0.0954. The van der Waals surface area contributed by atoms with E-state index in [4.69, 9.17) is 11.0 Å². The summed E-state index contributed by atoms with van der Waals surface area (Å²) in [4.78, 5) is 3.82. The third kappa shape index (κ3) is 3.20. The summed E-state index contributed by atoms with van der Waals surface area (Å²) in [5.41, 5.74) is 7.58. The van der Waals surface area contributed by atoms with Crippen molar-refractivity contribution in [3.8, 4) is 17.2 Å². The number of nitrogens with two attached hydrogens (primary N) is 1. The number of nitriles is 1. The van der Waals surface area contributed by atoms with Crippen molar-refractivity contribution in [2.24, 2.45) is 5.73 Å². The van der Waals surface area contributed by atoms with Crippen LogP contribution in [0.4, 0.5) is 13.2 Å². The zero-order valence-corrected chi connectivity index (χ0v) is 11.1. The van der Waals surface area contributed by atoms with Gasteiger partial charge in [-0.2, -0.15) is 18.4 Å². The summed E-state index contributed by atoms with van der Waals surface area (Å²) < 4.78 is 37.9. The molecule has 1 unspecified atom stereocenters. The molecule has 2 N–H and O–H groups in total. The molecule has 0 aliphatic rings. The topological polar surface area (TPSA) is 62.7 Å². The summed E-state index contributed by atoms with van der Waals surface area (Å²) in [5.74, 6) is 0. The van der Waals surface area contributed by atoms with Crippen molar-refractivity contribution in [2.75, 3.05) is 0 Å². The van der Waals surface area contributed by atoms with E-state index < -0.39 is 12.2 Å². The van der Waals surface area contributed by atoms with Crippen LogP contribution in [0.15, 0.2) is 36.7 Å². The van der Waals surface area contributed by atoms with Crippen molar-refractivity contribution in [3.05, 3.63) is 53.3 Å². The maximum absolute atomic E-state index is 12.6. The molecule has 0 saturated heterocycles. The maximum atomic E-state index is 12.6. The third-order valence-corrected chi connectivity index (χ3v) is 3.15. The smallest absolute Gasteiger partial charge is 0.316 e. The van der Waals surface area contributed by atoms with Gasteiger partial charge in [-0.05, 0) is 35.7 Å². The molecule has 1 aromatic carbocycles. The summed E-state index contributed by atoms with van der Waals surface area (Å²) in [7, 11) is 0. The molecule has 2 aromatic rings. The van der Waals surface area contributed by atoms with E-state index in [2.05, 4.69) is 4.98 Å². The van der Waals surface area contributed by atoms with E-state index in [1.165, 1.54) is 12.3 Å². The maximum Gasteiger partial charge on any atom is 0.407 e. The second kappa shape index (κ2) is 5.54. The minimum Gasteiger partial charge on any atom is -0.316 e. The molecule has 0 fully saturated rings. The lowest BCUT2D eigenvalue weighted by molar-refractivity contribution is -0.149. The predicted molar refractivity (Wildman–Crippen MR) is 72.1 cm³/mol. The summed E-state index contributed by atoms with van der Waals surface area (Å²) in [5, 5.41) is 8.88. The SMILES string of the molecule is Cc1cc(-c2cncc(C(N)C(F)(F)F)c2)ccc1C#N. The Morgan fingerprint density at radius 3 is 2.48 bits per heavy atom. The molecule has 21 heavy (non-hydrogen) atoms. The van der Waals surface area contributed by atoms with Gasteiger partial charge in [-0.15, -0.1) is 0 Å². The van der Waals surface area contributed by atoms with Gasteiger partial charge in [0.15, 0.2) is 0 Å². The summed E-state index contributed by atoms with van der Waals surface area (Å²) in [6.45, 7) is 1.76. The van der Waals surface area contributed by atoms with Crippen LogP contribution in [0, 0.1) is 18.3 Å². The number of hydrogen-bond acceptors (Lipinski definition) is 3. The molecule has 1 heterocycles. The number of aryl methyl sites for hydroxylation is 1. The molecule has 6 heteroatoms. The average Bonchev–Trinajstić information content (AvgIpc) is 2.45. The van der Waals surface area contributed by atoms with Crippen LogP contribution in [0.1, 0.15) is 22.7 Å². The van der Waals surface area contributed by atoms with Gasteiger partial charge < -0.3 is 5.73 Å². The van der Waals surface area contributed by atoms with Gasteiger partial charge in [0, 0.05) is 18.0 Å². The largest absolute Gasteiger partial charge is 0.407 e. The van der Waals surface area contributed by atoms with Crippen LogP contribution in [0.5, 0.6) is 0 Å². The molecule has 108 valence electrons. The second-order valence-electron chi connectivity index (χ2n) is 4.67. The zero-order chi connectivity index (χ0) is 15.6. The van der Waals surface area contributed by atoms with E-state index in [1.54, 1.807) is 25.1 Å². The van der Waals surface area contributed by atoms with Crippen molar-refractivity contribution in [3.63, 3.8) is 0 Å². The van der Waals surface area contributed by atoms with E-state index in [9.17, 15) is 13.2 Å². The van der Waals surface area contributed by atoms with Crippen LogP contribution in [0.3, 0.4) is 0 Å². The normalized spacial score (nSPS) is 12.8. The van der Waals surface area contributed by atoms with Crippen LogP contribution < -0.4 is 5.73 Å². The quantitative estimate of drug-likeness (QED) is 0.921. The summed E-state index contributed by atoms with van der Waals surface area (Å²) in [6.07, 6.45) is -1.94. The molecule has 0 bridgehead atoms. The molecule has 0 aliphatic heterocycles. The minimum atomic E-state index is -4.51. The third-order valence-electron chi connectivity index (χ3n) is 3.15. The highest BCUT2D eigenvalue weighted by molar-refractivity contribution is 5.65. The van der Waals surface area contributed by atoms with Crippen molar-refractivity contribution in [1.29, 1.82) is 5.26 Å². The van der Waals surface area contributed by atoms with Gasteiger partial charge in [-0.25, -0.2) is 0 Å². The average molecular weight is 291 g/mol. The molecule has 0 aliphatic carbocycles. The van der Waals surface area contributed by atoms with Crippen molar-refractivity contribution < 1.29 is 13.2 Å². The van der Waals surface area contributed by atoms with Crippen molar-refractivity contribution in [2.45, 2.75) is 19.1 Å². The number of nitrogens with zero attached hydrogens (tertiary/aromatic N) is 2. The molecule has 3 nitrogen and oxygen atoms in total. The van der Waals surface area contributed by atoms with Crippen LogP contribution in [0.2, 0.25) is 0 Å². The number of rotatable bonds is 2. The Bertz CT molecular complexity index is 702. The Balaban J connectivity index is 2.43. The van der Waals surface area contributed by atoms with E-state index in [1.807, 2.05) is 6.07 Å². The van der Waals surface area contributed by atoms with E-state index in [-0.39, 0.29) is 5.56 Å². The van der Waals surface area contributed by atoms with Crippen LogP contribution in [0.25, 0.3) is 11.1 Å². The first-order valence-electron chi connectivity index (χ1n) is 6.11. The van der Waals surface area contributed by atoms with E-state index in [0.717, 1.165) is 11.8 Å². The number of aromatic nitrogens is 1. The van der Waals surface area contributed by atoms with Crippen LogP contribution >= 0.6 is 0 Å². The van der Waals surface area contributed by atoms with Gasteiger partial charge in [-0.3, -0.25) is 4.98 Å². The predicted octanol–water partition coefficient (Wildman–Crippen LogP) is 3.49. The molecule has 0 saturated carbocycles. The first-order chi connectivity index (χ1) is 9.82. The van der Waals surface area contributed by atoms with Crippen LogP contribution in [-0.2, 0) is 0 Å². The molecular formula is C15H12F3N3. The van der Waals surface area contributed by atoms with Crippen LogP contribution in [-0.4, -0.2) is 11.2 Å². The molecule has 0 amide bonds. The van der Waals surface area contributed by atoms with E-state index in [0.29, 0.717) is 16.7 Å². The first kappa shape index (κ1) is 15.0. The fourth-order valence-electron chi connectivity index (χ4n) is 1.94. The van der Waals surface area contributed by atoms with E-state index >= 15 is 0 Å². The highest BCUT2D eigenvalue weighted by Crippen LogP contribution is 2.32. The zero-order valence-electron chi connectivity index (χ0n) is 11.1. The van der Waals surface area contributed by atoms with Gasteiger partial charge in [0.2, 0.25) is 0 Å². The molecule has 0 spiro atoms. The van der Waals surface area contributed by atoms with Crippen molar-refractivity contribution in [1.82, 2.24) is 4.98 Å². The Labute approximate surface area is 119 Å². The monoisotopic (exact) mass is 291 g/mol. The number of alkyl halides is 3. The fraction of sp³-hybridized carbons (Fsp3) is 0.200. The number of halogens is 3. The number of hydrogen-bond donors (Lipinski definition) is 1. The molecular weight excluding hydrogens is 279 g/mol. The summed E-state index contributed by atoms with van der Waals surface area (Å²) >= 11 is 0. The van der Waals surface area contributed by atoms with Gasteiger partial charge in [0.05, 0.1) is 11.6 Å². The fourth-order valence-corrected chi connectivity index (χ4v) is 1.94. The Morgan fingerprint density at radius 2 is 1.90 bits per heavy atom. The highest BCUT2D eigenvalue weighted by atomic mass is 19.4. The highest BCUT2D eigenvalue weighted by Gasteiger charge is 2.38. The number of pyridine rings is 1.